The standard InChI is InChI=1S/C18H21FN2O/c1-3-21(15-8-6-7-14(2)13-15)18(22)11-12-20-17-10-5-4-9-16(17)19/h4-10,13,20H,3,11-12H2,1-2H3. The number of carbonyl (C=O) groups is 1. The number of aryl methyl sites for hydroxylation is 1. The number of para-hydroxylation sites is 1. The number of carbonyl (C=O) groups excluding carboxylic acids is 1. The number of benzene rings is 2. The highest BCUT2D eigenvalue weighted by Crippen LogP contribution is 2.17. The van der Waals surface area contributed by atoms with Crippen molar-refractivity contribution in [3.63, 3.8) is 0 Å². The second-order valence-electron chi connectivity index (χ2n) is 5.13. The minimum absolute atomic E-state index is 0.0249. The second kappa shape index (κ2) is 7.59. The fraction of sp³-hybridized carbons (Fsp3) is 0.278. The molecule has 0 aliphatic rings. The molecule has 0 fully saturated rings. The molecule has 1 amide bonds. The van der Waals surface area contributed by atoms with Crippen molar-refractivity contribution in [3.05, 3.63) is 59.9 Å². The maximum absolute atomic E-state index is 13.5. The number of anilines is 2. The molecular weight excluding hydrogens is 279 g/mol. The molecule has 22 heavy (non-hydrogen) atoms. The molecule has 2 aromatic rings. The molecule has 0 saturated carbocycles. The highest BCUT2D eigenvalue weighted by Gasteiger charge is 2.13. The molecule has 0 spiro atoms. The Labute approximate surface area is 130 Å². The van der Waals surface area contributed by atoms with Crippen LogP contribution in [-0.2, 0) is 4.79 Å². The lowest BCUT2D eigenvalue weighted by Gasteiger charge is -2.21. The molecule has 0 atom stereocenters. The summed E-state index contributed by atoms with van der Waals surface area (Å²) >= 11 is 0. The Morgan fingerprint density at radius 2 is 1.95 bits per heavy atom. The van der Waals surface area contributed by atoms with E-state index >= 15 is 0 Å². The van der Waals surface area contributed by atoms with E-state index < -0.39 is 0 Å². The van der Waals surface area contributed by atoms with Gasteiger partial charge >= 0.3 is 0 Å². The van der Waals surface area contributed by atoms with Crippen molar-refractivity contribution in [1.82, 2.24) is 0 Å². The molecule has 2 aromatic carbocycles. The first-order chi connectivity index (χ1) is 10.6. The Kier molecular flexibility index (Phi) is 5.53. The van der Waals surface area contributed by atoms with Crippen molar-refractivity contribution in [2.45, 2.75) is 20.3 Å². The van der Waals surface area contributed by atoms with Crippen LogP contribution >= 0.6 is 0 Å². The van der Waals surface area contributed by atoms with E-state index in [0.717, 1.165) is 11.3 Å². The van der Waals surface area contributed by atoms with E-state index in [9.17, 15) is 9.18 Å². The third-order valence-electron chi connectivity index (χ3n) is 3.46. The van der Waals surface area contributed by atoms with Gasteiger partial charge < -0.3 is 10.2 Å². The third kappa shape index (κ3) is 4.07. The fourth-order valence-corrected chi connectivity index (χ4v) is 2.34. The summed E-state index contributed by atoms with van der Waals surface area (Å²) in [6.45, 7) is 4.97. The lowest BCUT2D eigenvalue weighted by atomic mass is 10.2. The Morgan fingerprint density at radius 1 is 1.18 bits per heavy atom. The summed E-state index contributed by atoms with van der Waals surface area (Å²) in [6.07, 6.45) is 0.316. The smallest absolute Gasteiger partial charge is 0.228 e. The zero-order valence-corrected chi connectivity index (χ0v) is 13.0. The van der Waals surface area contributed by atoms with Crippen LogP contribution in [0.3, 0.4) is 0 Å². The van der Waals surface area contributed by atoms with Crippen LogP contribution in [-0.4, -0.2) is 19.0 Å². The molecule has 0 unspecified atom stereocenters. The van der Waals surface area contributed by atoms with Crippen LogP contribution in [0.4, 0.5) is 15.8 Å². The first-order valence-corrected chi connectivity index (χ1v) is 7.47. The average Bonchev–Trinajstić information content (AvgIpc) is 2.50. The summed E-state index contributed by atoms with van der Waals surface area (Å²) in [5, 5.41) is 2.96. The Bertz CT molecular complexity index is 642. The van der Waals surface area contributed by atoms with Gasteiger partial charge in [0.25, 0.3) is 0 Å². The number of hydrogen-bond donors (Lipinski definition) is 1. The summed E-state index contributed by atoms with van der Waals surface area (Å²) in [5.74, 6) is -0.280. The number of hydrogen-bond acceptors (Lipinski definition) is 2. The molecule has 0 radical (unpaired) electrons. The van der Waals surface area contributed by atoms with Gasteiger partial charge in [0, 0.05) is 25.2 Å². The minimum Gasteiger partial charge on any atom is -0.382 e. The predicted octanol–water partition coefficient (Wildman–Crippen LogP) is 3.99. The first kappa shape index (κ1) is 16.0. The number of nitrogens with one attached hydrogen (secondary N) is 1. The quantitative estimate of drug-likeness (QED) is 0.875. The molecule has 0 saturated heterocycles. The van der Waals surface area contributed by atoms with Crippen molar-refractivity contribution in [1.29, 1.82) is 0 Å². The molecule has 2 rings (SSSR count). The van der Waals surface area contributed by atoms with Crippen molar-refractivity contribution in [3.8, 4) is 0 Å². The fourth-order valence-electron chi connectivity index (χ4n) is 2.34. The van der Waals surface area contributed by atoms with E-state index in [-0.39, 0.29) is 11.7 Å². The Hall–Kier alpha value is -2.36. The molecule has 4 heteroatoms. The molecular formula is C18H21FN2O. The van der Waals surface area contributed by atoms with Gasteiger partial charge in [-0.05, 0) is 43.7 Å². The summed E-state index contributed by atoms with van der Waals surface area (Å²) in [6, 6.07) is 14.3. The molecule has 0 aromatic heterocycles. The Morgan fingerprint density at radius 3 is 2.64 bits per heavy atom. The van der Waals surface area contributed by atoms with Crippen LogP contribution < -0.4 is 10.2 Å². The van der Waals surface area contributed by atoms with Crippen LogP contribution in [0.2, 0.25) is 0 Å². The number of rotatable bonds is 6. The molecule has 3 nitrogen and oxygen atoms in total. The lowest BCUT2D eigenvalue weighted by molar-refractivity contribution is -0.118. The van der Waals surface area contributed by atoms with Gasteiger partial charge in [0.1, 0.15) is 5.82 Å². The summed E-state index contributed by atoms with van der Waals surface area (Å²) in [5.41, 5.74) is 2.44. The molecule has 0 bridgehead atoms. The number of halogens is 1. The van der Waals surface area contributed by atoms with E-state index in [0.29, 0.717) is 25.2 Å². The molecule has 0 aliphatic carbocycles. The van der Waals surface area contributed by atoms with Gasteiger partial charge in [-0.15, -0.1) is 0 Å². The third-order valence-corrected chi connectivity index (χ3v) is 3.46. The summed E-state index contributed by atoms with van der Waals surface area (Å²) < 4.78 is 13.5. The van der Waals surface area contributed by atoms with Crippen molar-refractivity contribution in [2.75, 3.05) is 23.3 Å². The van der Waals surface area contributed by atoms with E-state index in [1.165, 1.54) is 6.07 Å². The van der Waals surface area contributed by atoms with Crippen LogP contribution in [0, 0.1) is 12.7 Å². The molecule has 0 heterocycles. The topological polar surface area (TPSA) is 32.3 Å². The zero-order valence-electron chi connectivity index (χ0n) is 13.0. The Balaban J connectivity index is 1.94. The predicted molar refractivity (Wildman–Crippen MR) is 88.7 cm³/mol. The van der Waals surface area contributed by atoms with E-state index in [4.69, 9.17) is 0 Å². The minimum atomic E-state index is -0.305. The molecule has 116 valence electrons. The van der Waals surface area contributed by atoms with Crippen LogP contribution in [0.1, 0.15) is 18.9 Å². The summed E-state index contributed by atoms with van der Waals surface area (Å²) in [7, 11) is 0. The van der Waals surface area contributed by atoms with Crippen LogP contribution in [0.5, 0.6) is 0 Å². The van der Waals surface area contributed by atoms with E-state index in [1.54, 1.807) is 23.1 Å². The SMILES string of the molecule is CCN(C(=O)CCNc1ccccc1F)c1cccc(C)c1. The van der Waals surface area contributed by atoms with Gasteiger partial charge in [0.05, 0.1) is 5.69 Å². The van der Waals surface area contributed by atoms with Crippen molar-refractivity contribution >= 4 is 17.3 Å². The maximum atomic E-state index is 13.5. The van der Waals surface area contributed by atoms with Gasteiger partial charge in [-0.1, -0.05) is 24.3 Å². The maximum Gasteiger partial charge on any atom is 0.228 e. The van der Waals surface area contributed by atoms with Crippen LogP contribution in [0.25, 0.3) is 0 Å². The molecule has 1 N–H and O–H groups in total. The van der Waals surface area contributed by atoms with E-state index in [1.807, 2.05) is 38.1 Å². The average molecular weight is 300 g/mol. The molecule has 0 aliphatic heterocycles. The van der Waals surface area contributed by atoms with Gasteiger partial charge in [-0.25, -0.2) is 4.39 Å². The largest absolute Gasteiger partial charge is 0.382 e. The summed E-state index contributed by atoms with van der Waals surface area (Å²) in [4.78, 5) is 14.1. The van der Waals surface area contributed by atoms with Gasteiger partial charge in [0.2, 0.25) is 5.91 Å². The van der Waals surface area contributed by atoms with Crippen LogP contribution in [0.15, 0.2) is 48.5 Å². The highest BCUT2D eigenvalue weighted by atomic mass is 19.1. The second-order valence-corrected chi connectivity index (χ2v) is 5.13. The van der Waals surface area contributed by atoms with Gasteiger partial charge in [-0.2, -0.15) is 0 Å². The monoisotopic (exact) mass is 300 g/mol. The van der Waals surface area contributed by atoms with Gasteiger partial charge in [-0.3, -0.25) is 4.79 Å². The number of amides is 1. The first-order valence-electron chi connectivity index (χ1n) is 7.47. The number of nitrogens with zero attached hydrogens (tertiary/aromatic N) is 1. The van der Waals surface area contributed by atoms with Crippen molar-refractivity contribution in [2.24, 2.45) is 0 Å². The highest BCUT2D eigenvalue weighted by molar-refractivity contribution is 5.93. The van der Waals surface area contributed by atoms with Crippen molar-refractivity contribution < 1.29 is 9.18 Å². The van der Waals surface area contributed by atoms with E-state index in [2.05, 4.69) is 5.32 Å². The normalized spacial score (nSPS) is 10.3. The zero-order chi connectivity index (χ0) is 15.9. The van der Waals surface area contributed by atoms with Gasteiger partial charge in [0.15, 0.2) is 0 Å². The lowest BCUT2D eigenvalue weighted by Crippen LogP contribution is -2.31.